The lowest BCUT2D eigenvalue weighted by molar-refractivity contribution is 0.0865. The third kappa shape index (κ3) is 2.48. The number of hydroxylamine groups is 1. The van der Waals surface area contributed by atoms with Crippen molar-refractivity contribution in [2.75, 3.05) is 20.3 Å². The summed E-state index contributed by atoms with van der Waals surface area (Å²) in [5.41, 5.74) is 3.88. The van der Waals surface area contributed by atoms with E-state index >= 15 is 0 Å². The third-order valence-corrected chi connectivity index (χ3v) is 3.21. The largest absolute Gasteiger partial charge is 0.490 e. The van der Waals surface area contributed by atoms with Crippen LogP contribution in [0.4, 0.5) is 0 Å². The van der Waals surface area contributed by atoms with Gasteiger partial charge in [0.15, 0.2) is 11.5 Å². The number of benzene rings is 1. The molecule has 1 heterocycles. The second-order valence-electron chi connectivity index (χ2n) is 3.44. The second kappa shape index (κ2) is 5.52. The molecule has 0 fully saturated rings. The van der Waals surface area contributed by atoms with Crippen LogP contribution >= 0.6 is 15.9 Å². The smallest absolute Gasteiger partial charge is 0.175 e. The molecule has 0 radical (unpaired) electrons. The molecule has 88 valence electrons. The van der Waals surface area contributed by atoms with Gasteiger partial charge in [0.05, 0.1) is 24.8 Å². The van der Waals surface area contributed by atoms with E-state index in [0.717, 1.165) is 28.0 Å². The van der Waals surface area contributed by atoms with E-state index in [2.05, 4.69) is 21.4 Å². The van der Waals surface area contributed by atoms with E-state index in [9.17, 15) is 0 Å². The van der Waals surface area contributed by atoms with Crippen molar-refractivity contribution in [2.45, 2.75) is 13.0 Å². The highest BCUT2D eigenvalue weighted by Gasteiger charge is 2.16. The fraction of sp³-hybridized carbons (Fsp3) is 0.455. The van der Waals surface area contributed by atoms with Gasteiger partial charge in [-0.15, -0.1) is 0 Å². The molecule has 4 nitrogen and oxygen atoms in total. The van der Waals surface area contributed by atoms with Gasteiger partial charge in [-0.25, -0.2) is 0 Å². The average molecular weight is 288 g/mol. The molecule has 0 unspecified atom stereocenters. The highest BCUT2D eigenvalue weighted by Crippen LogP contribution is 2.39. The molecule has 1 aliphatic rings. The molecule has 0 aromatic heterocycles. The number of nitrogens with one attached hydrogen (secondary N) is 1. The molecule has 0 bridgehead atoms. The third-order valence-electron chi connectivity index (χ3n) is 2.34. The second-order valence-corrected chi connectivity index (χ2v) is 4.23. The van der Waals surface area contributed by atoms with Crippen LogP contribution in [0.15, 0.2) is 16.6 Å². The van der Waals surface area contributed by atoms with Crippen LogP contribution in [0.25, 0.3) is 0 Å². The van der Waals surface area contributed by atoms with Gasteiger partial charge in [-0.2, -0.15) is 5.48 Å². The van der Waals surface area contributed by atoms with Crippen molar-refractivity contribution >= 4 is 15.9 Å². The molecule has 0 aliphatic carbocycles. The minimum atomic E-state index is 0.619. The van der Waals surface area contributed by atoms with Gasteiger partial charge >= 0.3 is 0 Å². The molecule has 1 aromatic carbocycles. The van der Waals surface area contributed by atoms with Crippen molar-refractivity contribution in [3.8, 4) is 11.5 Å². The van der Waals surface area contributed by atoms with E-state index < -0.39 is 0 Å². The van der Waals surface area contributed by atoms with Gasteiger partial charge < -0.3 is 14.3 Å². The number of rotatable bonds is 3. The first-order valence-electron chi connectivity index (χ1n) is 5.15. The fourth-order valence-electron chi connectivity index (χ4n) is 1.53. The Morgan fingerprint density at radius 2 is 2.19 bits per heavy atom. The highest BCUT2D eigenvalue weighted by atomic mass is 79.9. The van der Waals surface area contributed by atoms with Gasteiger partial charge in [-0.05, 0) is 27.6 Å². The molecule has 1 N–H and O–H groups in total. The summed E-state index contributed by atoms with van der Waals surface area (Å²) in [4.78, 5) is 4.83. The Kier molecular flexibility index (Phi) is 4.04. The quantitative estimate of drug-likeness (QED) is 0.866. The van der Waals surface area contributed by atoms with Gasteiger partial charge in [0.25, 0.3) is 0 Å². The maximum atomic E-state index is 5.66. The van der Waals surface area contributed by atoms with Crippen LogP contribution in [0.1, 0.15) is 12.0 Å². The SMILES string of the molecule is CONCc1ccc2c(c1Br)OCCCO2. The Morgan fingerprint density at radius 3 is 3.00 bits per heavy atom. The van der Waals surface area contributed by atoms with Crippen LogP contribution < -0.4 is 15.0 Å². The van der Waals surface area contributed by atoms with E-state index in [1.807, 2.05) is 12.1 Å². The molecule has 0 amide bonds. The van der Waals surface area contributed by atoms with Gasteiger partial charge in [-0.3, -0.25) is 0 Å². The first-order chi connectivity index (χ1) is 7.83. The molecule has 0 spiro atoms. The maximum Gasteiger partial charge on any atom is 0.175 e. The van der Waals surface area contributed by atoms with Crippen LogP contribution in [-0.4, -0.2) is 20.3 Å². The Balaban J connectivity index is 2.26. The predicted octanol–water partition coefficient (Wildman–Crippen LogP) is 2.26. The zero-order chi connectivity index (χ0) is 11.4. The fourth-order valence-corrected chi connectivity index (χ4v) is 2.11. The van der Waals surface area contributed by atoms with Gasteiger partial charge in [0.2, 0.25) is 0 Å². The summed E-state index contributed by atoms with van der Waals surface area (Å²) >= 11 is 3.53. The normalized spacial score (nSPS) is 14.6. The van der Waals surface area contributed by atoms with Crippen LogP contribution in [0, 0.1) is 0 Å². The molecule has 2 rings (SSSR count). The molecule has 1 aliphatic heterocycles. The van der Waals surface area contributed by atoms with Gasteiger partial charge in [-0.1, -0.05) is 6.07 Å². The maximum absolute atomic E-state index is 5.66. The van der Waals surface area contributed by atoms with Crippen LogP contribution in [0.2, 0.25) is 0 Å². The van der Waals surface area contributed by atoms with E-state index in [-0.39, 0.29) is 0 Å². The summed E-state index contributed by atoms with van der Waals surface area (Å²) < 4.78 is 12.2. The highest BCUT2D eigenvalue weighted by molar-refractivity contribution is 9.10. The first-order valence-corrected chi connectivity index (χ1v) is 5.95. The number of hydrogen-bond acceptors (Lipinski definition) is 4. The summed E-state index contributed by atoms with van der Waals surface area (Å²) in [5.74, 6) is 1.58. The zero-order valence-electron chi connectivity index (χ0n) is 9.09. The van der Waals surface area contributed by atoms with E-state index in [4.69, 9.17) is 14.3 Å². The van der Waals surface area contributed by atoms with Crippen molar-refractivity contribution in [2.24, 2.45) is 0 Å². The van der Waals surface area contributed by atoms with Gasteiger partial charge in [0.1, 0.15) is 0 Å². The van der Waals surface area contributed by atoms with Gasteiger partial charge in [0, 0.05) is 13.0 Å². The molecule has 0 saturated heterocycles. The van der Waals surface area contributed by atoms with Crippen LogP contribution in [0.5, 0.6) is 11.5 Å². The van der Waals surface area contributed by atoms with E-state index in [1.54, 1.807) is 7.11 Å². The topological polar surface area (TPSA) is 39.7 Å². The van der Waals surface area contributed by atoms with Crippen molar-refractivity contribution in [1.82, 2.24) is 5.48 Å². The molecule has 0 saturated carbocycles. The standard InChI is InChI=1S/C11H14BrNO3/c1-14-13-7-8-3-4-9-11(10(8)12)16-6-2-5-15-9/h3-4,13H,2,5-7H2,1H3. The summed E-state index contributed by atoms with van der Waals surface area (Å²) in [5, 5.41) is 0. The Labute approximate surface area is 103 Å². The number of halogens is 1. The molecular formula is C11H14BrNO3. The lowest BCUT2D eigenvalue weighted by Gasteiger charge is -2.12. The average Bonchev–Trinajstić information content (AvgIpc) is 2.54. The predicted molar refractivity (Wildman–Crippen MR) is 63.6 cm³/mol. The molecule has 16 heavy (non-hydrogen) atoms. The number of hydrogen-bond donors (Lipinski definition) is 1. The summed E-state index contributed by atoms with van der Waals surface area (Å²) in [6, 6.07) is 3.92. The zero-order valence-corrected chi connectivity index (χ0v) is 10.7. The minimum Gasteiger partial charge on any atom is -0.490 e. The van der Waals surface area contributed by atoms with Crippen molar-refractivity contribution in [1.29, 1.82) is 0 Å². The minimum absolute atomic E-state index is 0.619. The van der Waals surface area contributed by atoms with Crippen LogP contribution in [-0.2, 0) is 11.4 Å². The molecule has 1 aromatic rings. The molecule has 0 atom stereocenters. The lowest BCUT2D eigenvalue weighted by Crippen LogP contribution is -2.11. The number of ether oxygens (including phenoxy) is 2. The Bertz CT molecular complexity index is 370. The first kappa shape index (κ1) is 11.7. The monoisotopic (exact) mass is 287 g/mol. The Hall–Kier alpha value is -0.780. The van der Waals surface area contributed by atoms with Crippen molar-refractivity contribution in [3.63, 3.8) is 0 Å². The number of fused-ring (bicyclic) bond motifs is 1. The lowest BCUT2D eigenvalue weighted by atomic mass is 10.2. The Morgan fingerprint density at radius 1 is 1.38 bits per heavy atom. The van der Waals surface area contributed by atoms with E-state index in [0.29, 0.717) is 19.8 Å². The van der Waals surface area contributed by atoms with Crippen molar-refractivity contribution in [3.05, 3.63) is 22.2 Å². The van der Waals surface area contributed by atoms with Crippen LogP contribution in [0.3, 0.4) is 0 Å². The molecular weight excluding hydrogens is 274 g/mol. The summed E-state index contributed by atoms with van der Waals surface area (Å²) in [7, 11) is 1.59. The summed E-state index contributed by atoms with van der Waals surface area (Å²) in [6.45, 7) is 2.01. The van der Waals surface area contributed by atoms with Crippen molar-refractivity contribution < 1.29 is 14.3 Å². The molecule has 5 heteroatoms. The summed E-state index contributed by atoms with van der Waals surface area (Å²) in [6.07, 6.45) is 0.909. The van der Waals surface area contributed by atoms with E-state index in [1.165, 1.54) is 0 Å².